The van der Waals surface area contributed by atoms with Crippen molar-refractivity contribution in [3.8, 4) is 17.2 Å². The van der Waals surface area contributed by atoms with Crippen molar-refractivity contribution >= 4 is 11.4 Å². The standard InChI is InChI=1S/C19H25N3O3/c1-5-13-6-8-14(9-7-13)17(12-20)22(21)16-10-15(23-2)11-18(24-3)19(16)25-4/h6-12H,5,20-21H2,1-4H3/b17-12-. The normalized spacial score (nSPS) is 11.2. The number of anilines is 1. The average molecular weight is 343 g/mol. The zero-order valence-corrected chi connectivity index (χ0v) is 15.1. The van der Waals surface area contributed by atoms with Crippen LogP contribution in [0.3, 0.4) is 0 Å². The predicted molar refractivity (Wildman–Crippen MR) is 101 cm³/mol. The molecule has 0 aliphatic carbocycles. The molecule has 2 aromatic carbocycles. The van der Waals surface area contributed by atoms with E-state index in [1.54, 1.807) is 33.5 Å². The first kappa shape index (κ1) is 18.5. The summed E-state index contributed by atoms with van der Waals surface area (Å²) in [5.41, 5.74) is 9.21. The fourth-order valence-corrected chi connectivity index (χ4v) is 2.57. The molecule has 0 amide bonds. The highest BCUT2D eigenvalue weighted by molar-refractivity contribution is 5.82. The molecule has 0 radical (unpaired) electrons. The molecular weight excluding hydrogens is 318 g/mol. The van der Waals surface area contributed by atoms with E-state index < -0.39 is 0 Å². The molecular formula is C19H25N3O3. The van der Waals surface area contributed by atoms with Gasteiger partial charge in [-0.05, 0) is 12.0 Å². The van der Waals surface area contributed by atoms with Gasteiger partial charge in [-0.15, -0.1) is 0 Å². The highest BCUT2D eigenvalue weighted by atomic mass is 16.5. The molecule has 0 atom stereocenters. The summed E-state index contributed by atoms with van der Waals surface area (Å²) in [6.45, 7) is 2.11. The first-order valence-electron chi connectivity index (χ1n) is 7.95. The average Bonchev–Trinajstić information content (AvgIpc) is 2.67. The Morgan fingerprint density at radius 1 is 1.04 bits per heavy atom. The molecule has 2 rings (SSSR count). The van der Waals surface area contributed by atoms with Crippen molar-refractivity contribution in [2.24, 2.45) is 11.6 Å². The second kappa shape index (κ2) is 8.30. The van der Waals surface area contributed by atoms with Gasteiger partial charge in [0.15, 0.2) is 11.5 Å². The van der Waals surface area contributed by atoms with Crippen LogP contribution >= 0.6 is 0 Å². The van der Waals surface area contributed by atoms with Crippen molar-refractivity contribution in [1.82, 2.24) is 0 Å². The van der Waals surface area contributed by atoms with Gasteiger partial charge in [-0.25, -0.2) is 5.84 Å². The minimum Gasteiger partial charge on any atom is -0.497 e. The number of hydrogen-bond acceptors (Lipinski definition) is 6. The number of benzene rings is 2. The van der Waals surface area contributed by atoms with Crippen molar-refractivity contribution in [2.45, 2.75) is 13.3 Å². The summed E-state index contributed by atoms with van der Waals surface area (Å²) in [5.74, 6) is 7.98. The van der Waals surface area contributed by atoms with Crippen LogP contribution in [0.5, 0.6) is 17.2 Å². The van der Waals surface area contributed by atoms with E-state index in [0.29, 0.717) is 28.6 Å². The van der Waals surface area contributed by atoms with E-state index in [9.17, 15) is 0 Å². The molecule has 0 spiro atoms. The summed E-state index contributed by atoms with van der Waals surface area (Å²) >= 11 is 0. The lowest BCUT2D eigenvalue weighted by Gasteiger charge is -2.25. The molecule has 0 saturated heterocycles. The number of hydrazine groups is 1. The van der Waals surface area contributed by atoms with Gasteiger partial charge < -0.3 is 19.9 Å². The summed E-state index contributed by atoms with van der Waals surface area (Å²) < 4.78 is 16.2. The second-order valence-electron chi connectivity index (χ2n) is 5.35. The topological polar surface area (TPSA) is 83.0 Å². The number of methoxy groups -OCH3 is 3. The Hall–Kier alpha value is -2.86. The number of rotatable bonds is 7. The van der Waals surface area contributed by atoms with Crippen LogP contribution in [0.2, 0.25) is 0 Å². The molecule has 6 heteroatoms. The first-order valence-corrected chi connectivity index (χ1v) is 7.95. The van der Waals surface area contributed by atoms with Gasteiger partial charge in [0.05, 0.1) is 27.0 Å². The lowest BCUT2D eigenvalue weighted by Crippen LogP contribution is -2.30. The van der Waals surface area contributed by atoms with Gasteiger partial charge >= 0.3 is 0 Å². The van der Waals surface area contributed by atoms with E-state index in [-0.39, 0.29) is 0 Å². The molecule has 134 valence electrons. The van der Waals surface area contributed by atoms with Gasteiger partial charge in [0.2, 0.25) is 0 Å². The van der Waals surface area contributed by atoms with Crippen LogP contribution in [-0.2, 0) is 6.42 Å². The van der Waals surface area contributed by atoms with Crippen molar-refractivity contribution in [3.63, 3.8) is 0 Å². The van der Waals surface area contributed by atoms with Crippen LogP contribution < -0.4 is 30.8 Å². The van der Waals surface area contributed by atoms with Crippen molar-refractivity contribution in [1.29, 1.82) is 0 Å². The van der Waals surface area contributed by atoms with E-state index in [1.165, 1.54) is 16.8 Å². The van der Waals surface area contributed by atoms with Gasteiger partial charge in [0, 0.05) is 23.9 Å². The minimum absolute atomic E-state index is 0.496. The Kier molecular flexibility index (Phi) is 6.14. The monoisotopic (exact) mass is 343 g/mol. The molecule has 0 aromatic heterocycles. The maximum absolute atomic E-state index is 6.37. The zero-order chi connectivity index (χ0) is 18.4. The highest BCUT2D eigenvalue weighted by Crippen LogP contribution is 2.42. The molecule has 0 bridgehead atoms. The molecule has 0 saturated carbocycles. The zero-order valence-electron chi connectivity index (χ0n) is 15.1. The molecule has 0 unspecified atom stereocenters. The van der Waals surface area contributed by atoms with Gasteiger partial charge in [-0.3, -0.25) is 5.01 Å². The first-order chi connectivity index (χ1) is 12.1. The van der Waals surface area contributed by atoms with Crippen LogP contribution in [0.4, 0.5) is 5.69 Å². The molecule has 0 aliphatic rings. The van der Waals surface area contributed by atoms with E-state index in [2.05, 4.69) is 19.1 Å². The summed E-state index contributed by atoms with van der Waals surface area (Å²) in [4.78, 5) is 0. The van der Waals surface area contributed by atoms with Crippen molar-refractivity contribution < 1.29 is 14.2 Å². The predicted octanol–water partition coefficient (Wildman–Crippen LogP) is 2.91. The summed E-state index contributed by atoms with van der Waals surface area (Å²) in [6, 6.07) is 11.6. The Morgan fingerprint density at radius 2 is 1.72 bits per heavy atom. The Morgan fingerprint density at radius 3 is 2.20 bits per heavy atom. The molecule has 0 aliphatic heterocycles. The lowest BCUT2D eigenvalue weighted by molar-refractivity contribution is 0.349. The van der Waals surface area contributed by atoms with Crippen molar-refractivity contribution in [3.05, 3.63) is 53.7 Å². The molecule has 6 nitrogen and oxygen atoms in total. The summed E-state index contributed by atoms with van der Waals surface area (Å²) in [7, 11) is 4.70. The van der Waals surface area contributed by atoms with Gasteiger partial charge in [0.1, 0.15) is 11.4 Å². The Balaban J connectivity index is 2.51. The number of ether oxygens (including phenoxy) is 3. The van der Waals surface area contributed by atoms with Crippen LogP contribution in [-0.4, -0.2) is 21.3 Å². The third kappa shape index (κ3) is 3.80. The molecule has 2 aromatic rings. The van der Waals surface area contributed by atoms with E-state index >= 15 is 0 Å². The number of aryl methyl sites for hydroxylation is 1. The Bertz CT molecular complexity index is 742. The molecule has 0 fully saturated rings. The molecule has 4 N–H and O–H groups in total. The van der Waals surface area contributed by atoms with Crippen LogP contribution in [0.25, 0.3) is 5.70 Å². The molecule has 25 heavy (non-hydrogen) atoms. The van der Waals surface area contributed by atoms with E-state index in [4.69, 9.17) is 25.8 Å². The lowest BCUT2D eigenvalue weighted by atomic mass is 10.1. The SMILES string of the molecule is CCc1ccc(/C(=C/N)N(N)c2cc(OC)cc(OC)c2OC)cc1. The van der Waals surface area contributed by atoms with Crippen LogP contribution in [0.15, 0.2) is 42.6 Å². The quantitative estimate of drug-likeness (QED) is 0.594. The maximum Gasteiger partial charge on any atom is 0.186 e. The highest BCUT2D eigenvalue weighted by Gasteiger charge is 2.20. The fraction of sp³-hybridized carbons (Fsp3) is 0.263. The third-order valence-corrected chi connectivity index (χ3v) is 4.00. The smallest absolute Gasteiger partial charge is 0.186 e. The van der Waals surface area contributed by atoms with Gasteiger partial charge in [-0.2, -0.15) is 0 Å². The molecule has 0 heterocycles. The maximum atomic E-state index is 6.37. The fourth-order valence-electron chi connectivity index (χ4n) is 2.57. The van der Waals surface area contributed by atoms with E-state index in [1.807, 2.05) is 12.1 Å². The third-order valence-electron chi connectivity index (χ3n) is 4.00. The van der Waals surface area contributed by atoms with Gasteiger partial charge in [0.25, 0.3) is 0 Å². The summed E-state index contributed by atoms with van der Waals surface area (Å²) in [6.07, 6.45) is 2.43. The number of nitrogens with zero attached hydrogens (tertiary/aromatic N) is 1. The second-order valence-corrected chi connectivity index (χ2v) is 5.35. The Labute approximate surface area is 148 Å². The largest absolute Gasteiger partial charge is 0.497 e. The van der Waals surface area contributed by atoms with E-state index in [0.717, 1.165) is 12.0 Å². The number of hydrogen-bond donors (Lipinski definition) is 2. The minimum atomic E-state index is 0.496. The number of nitrogens with two attached hydrogens (primary N) is 2. The summed E-state index contributed by atoms with van der Waals surface area (Å²) in [5, 5.41) is 1.46. The van der Waals surface area contributed by atoms with Crippen LogP contribution in [0, 0.1) is 0 Å². The van der Waals surface area contributed by atoms with Crippen LogP contribution in [0.1, 0.15) is 18.1 Å². The van der Waals surface area contributed by atoms with Crippen molar-refractivity contribution in [2.75, 3.05) is 26.3 Å². The van der Waals surface area contributed by atoms with Gasteiger partial charge in [-0.1, -0.05) is 31.2 Å².